The van der Waals surface area contributed by atoms with Crippen LogP contribution in [0.4, 0.5) is 10.7 Å². The summed E-state index contributed by atoms with van der Waals surface area (Å²) in [5.41, 5.74) is 3.02. The largest absolute Gasteiger partial charge is 0.478 e. The summed E-state index contributed by atoms with van der Waals surface area (Å²) in [5, 5.41) is 25.5. The van der Waals surface area contributed by atoms with Gasteiger partial charge in [0.1, 0.15) is 16.3 Å². The molecule has 0 radical (unpaired) electrons. The second-order valence-corrected chi connectivity index (χ2v) is 13.6. The molecule has 0 spiro atoms. The maximum Gasteiger partial charge on any atom is 0.338 e. The lowest BCUT2D eigenvalue weighted by Crippen LogP contribution is -2.19. The topological polar surface area (TPSA) is 119 Å². The molecule has 5 aromatic rings. The van der Waals surface area contributed by atoms with Gasteiger partial charge >= 0.3 is 5.97 Å². The molecule has 0 saturated heterocycles. The summed E-state index contributed by atoms with van der Waals surface area (Å²) in [5.74, 6) is -2.75. The summed E-state index contributed by atoms with van der Waals surface area (Å²) in [6.07, 6.45) is 0. The van der Waals surface area contributed by atoms with Gasteiger partial charge in [0.05, 0.1) is 36.8 Å². The van der Waals surface area contributed by atoms with Gasteiger partial charge < -0.3 is 15.7 Å². The molecule has 4 aromatic carbocycles. The maximum atomic E-state index is 13.8. The number of carbonyl (C=O) groups excluding carboxylic acids is 2. The van der Waals surface area contributed by atoms with Crippen molar-refractivity contribution < 1.29 is 19.5 Å². The van der Waals surface area contributed by atoms with Gasteiger partial charge in [-0.25, -0.2) is 4.79 Å². The Hall–Kier alpha value is -4.01. The first-order valence-corrected chi connectivity index (χ1v) is 16.9. The van der Waals surface area contributed by atoms with E-state index in [9.17, 15) is 24.8 Å². The first-order chi connectivity index (χ1) is 22.5. The van der Waals surface area contributed by atoms with E-state index in [1.165, 1.54) is 23.1 Å². The standard InChI is InChI=1S/C34H21Cl4N3O4S2/c1-17-10-12-18(13-11-17)23-16-46-33(22(23)15-39)41-32(43)30(19-6-3-2-4-7-19)47-21-9-5-8-20(14-21)40-31(42)24-25(34(44)45)27(36)29(38)28(37)26(24)35/h2-14,16,30H,1H3,(H,40,42)(H,41,43)(H,44,45). The molecule has 3 N–H and O–H groups in total. The number of nitriles is 1. The van der Waals surface area contributed by atoms with Gasteiger partial charge in [0.15, 0.2) is 0 Å². The number of aryl methyl sites for hydroxylation is 1. The molecule has 0 bridgehead atoms. The number of carboxylic acid groups (broad SMARTS) is 1. The Bertz CT molecular complexity index is 2060. The minimum absolute atomic E-state index is 0.259. The smallest absolute Gasteiger partial charge is 0.338 e. The number of carboxylic acids is 1. The van der Waals surface area contributed by atoms with Crippen molar-refractivity contribution in [1.82, 2.24) is 0 Å². The van der Waals surface area contributed by atoms with E-state index in [1.54, 1.807) is 24.3 Å². The molecule has 1 heterocycles. The summed E-state index contributed by atoms with van der Waals surface area (Å²) in [7, 11) is 0. The first-order valence-electron chi connectivity index (χ1n) is 13.6. The van der Waals surface area contributed by atoms with Crippen molar-refractivity contribution in [2.75, 3.05) is 10.6 Å². The average Bonchev–Trinajstić information content (AvgIpc) is 3.46. The van der Waals surface area contributed by atoms with Crippen LogP contribution in [0.15, 0.2) is 89.1 Å². The van der Waals surface area contributed by atoms with E-state index in [1.807, 2.05) is 66.9 Å². The van der Waals surface area contributed by atoms with Crippen molar-refractivity contribution in [2.45, 2.75) is 17.1 Å². The first kappa shape index (κ1) is 34.3. The number of amides is 2. The van der Waals surface area contributed by atoms with Gasteiger partial charge in [-0.05, 0) is 36.2 Å². The molecule has 47 heavy (non-hydrogen) atoms. The highest BCUT2D eigenvalue weighted by Crippen LogP contribution is 2.43. The van der Waals surface area contributed by atoms with Gasteiger partial charge in [0, 0.05) is 21.5 Å². The van der Waals surface area contributed by atoms with Crippen molar-refractivity contribution in [3.63, 3.8) is 0 Å². The number of nitrogens with zero attached hydrogens (tertiary/aromatic N) is 1. The number of hydrogen-bond acceptors (Lipinski definition) is 6. The molecule has 7 nitrogen and oxygen atoms in total. The van der Waals surface area contributed by atoms with E-state index in [0.717, 1.165) is 16.7 Å². The fourth-order valence-electron chi connectivity index (χ4n) is 4.61. The summed E-state index contributed by atoms with van der Waals surface area (Å²) >= 11 is 27.0. The van der Waals surface area contributed by atoms with Crippen LogP contribution in [-0.2, 0) is 4.79 Å². The quantitative estimate of drug-likeness (QED) is 0.0786. The van der Waals surface area contributed by atoms with Crippen molar-refractivity contribution in [3.05, 3.63) is 132 Å². The molecule has 0 aliphatic carbocycles. The van der Waals surface area contributed by atoms with Crippen LogP contribution in [0, 0.1) is 18.3 Å². The Morgan fingerprint density at radius 2 is 1.51 bits per heavy atom. The highest BCUT2D eigenvalue weighted by molar-refractivity contribution is 8.00. The molecule has 236 valence electrons. The van der Waals surface area contributed by atoms with E-state index in [4.69, 9.17) is 46.4 Å². The fraction of sp³-hybridized carbons (Fsp3) is 0.0588. The lowest BCUT2D eigenvalue weighted by atomic mass is 10.0. The number of halogens is 4. The van der Waals surface area contributed by atoms with Crippen molar-refractivity contribution in [1.29, 1.82) is 5.26 Å². The van der Waals surface area contributed by atoms with E-state index in [-0.39, 0.29) is 26.7 Å². The van der Waals surface area contributed by atoms with E-state index in [2.05, 4.69) is 16.7 Å². The molecule has 0 aliphatic rings. The Morgan fingerprint density at radius 1 is 0.851 bits per heavy atom. The van der Waals surface area contributed by atoms with Gasteiger partial charge in [0.2, 0.25) is 5.91 Å². The van der Waals surface area contributed by atoms with Gasteiger partial charge in [0.25, 0.3) is 5.91 Å². The number of aromatic carboxylic acids is 1. The molecule has 0 aliphatic heterocycles. The predicted octanol–water partition coefficient (Wildman–Crippen LogP) is 10.6. The van der Waals surface area contributed by atoms with Crippen LogP contribution in [0.1, 0.15) is 42.7 Å². The van der Waals surface area contributed by atoms with E-state index in [0.29, 0.717) is 21.0 Å². The van der Waals surface area contributed by atoms with E-state index >= 15 is 0 Å². The number of carbonyl (C=O) groups is 3. The average molecular weight is 742 g/mol. The van der Waals surface area contributed by atoms with Gasteiger partial charge in [-0.3, -0.25) is 9.59 Å². The third-order valence-electron chi connectivity index (χ3n) is 6.90. The minimum atomic E-state index is -1.52. The van der Waals surface area contributed by atoms with Crippen LogP contribution in [0.2, 0.25) is 20.1 Å². The highest BCUT2D eigenvalue weighted by Gasteiger charge is 2.29. The zero-order chi connectivity index (χ0) is 33.8. The molecule has 13 heteroatoms. The number of rotatable bonds is 9. The minimum Gasteiger partial charge on any atom is -0.478 e. The Morgan fingerprint density at radius 3 is 2.15 bits per heavy atom. The number of anilines is 2. The molecular formula is C34H21Cl4N3O4S2. The van der Waals surface area contributed by atoms with Gasteiger partial charge in [-0.1, -0.05) is 113 Å². The predicted molar refractivity (Wildman–Crippen MR) is 191 cm³/mol. The molecule has 5 rings (SSSR count). The van der Waals surface area contributed by atoms with Gasteiger partial charge in [-0.15, -0.1) is 23.1 Å². The summed E-state index contributed by atoms with van der Waals surface area (Å²) in [6.45, 7) is 1.98. The molecule has 2 amide bonds. The number of nitrogens with one attached hydrogen (secondary N) is 2. The van der Waals surface area contributed by atoms with Crippen molar-refractivity contribution in [3.8, 4) is 17.2 Å². The highest BCUT2D eigenvalue weighted by atomic mass is 35.5. The zero-order valence-corrected chi connectivity index (χ0v) is 28.8. The summed E-state index contributed by atoms with van der Waals surface area (Å²) < 4.78 is 0. The monoisotopic (exact) mass is 739 g/mol. The molecule has 0 fully saturated rings. The van der Waals surface area contributed by atoms with Crippen molar-refractivity contribution >= 4 is 98.0 Å². The second kappa shape index (κ2) is 14.8. The van der Waals surface area contributed by atoms with Crippen LogP contribution in [-0.4, -0.2) is 22.9 Å². The SMILES string of the molecule is Cc1ccc(-c2csc(NC(=O)C(Sc3cccc(NC(=O)c4c(Cl)c(Cl)c(Cl)c(Cl)c4C(=O)O)c3)c3ccccc3)c2C#N)cc1. The Labute approximate surface area is 298 Å². The number of benzene rings is 4. The third-order valence-corrected chi connectivity index (χ3v) is 10.8. The normalized spacial score (nSPS) is 11.4. The van der Waals surface area contributed by atoms with Crippen LogP contribution in [0.5, 0.6) is 0 Å². The van der Waals surface area contributed by atoms with Crippen LogP contribution in [0.25, 0.3) is 11.1 Å². The fourth-order valence-corrected chi connectivity index (χ4v) is 7.63. The van der Waals surface area contributed by atoms with Crippen molar-refractivity contribution in [2.24, 2.45) is 0 Å². The number of thiophene rings is 1. The second-order valence-electron chi connectivity index (χ2n) is 10.0. The summed E-state index contributed by atoms with van der Waals surface area (Å²) in [6, 6.07) is 25.8. The third kappa shape index (κ3) is 7.44. The molecule has 1 atom stereocenters. The lowest BCUT2D eigenvalue weighted by Gasteiger charge is -2.18. The summed E-state index contributed by atoms with van der Waals surface area (Å²) in [4.78, 5) is 39.7. The maximum absolute atomic E-state index is 13.8. The van der Waals surface area contributed by atoms with Crippen LogP contribution in [0.3, 0.4) is 0 Å². The van der Waals surface area contributed by atoms with Crippen LogP contribution < -0.4 is 10.6 Å². The molecule has 1 aromatic heterocycles. The molecule has 0 saturated carbocycles. The molecular weight excluding hydrogens is 720 g/mol. The van der Waals surface area contributed by atoms with E-state index < -0.39 is 33.3 Å². The lowest BCUT2D eigenvalue weighted by molar-refractivity contribution is -0.115. The Kier molecular flexibility index (Phi) is 10.8. The number of hydrogen-bond donors (Lipinski definition) is 3. The van der Waals surface area contributed by atoms with Gasteiger partial charge in [-0.2, -0.15) is 5.26 Å². The van der Waals surface area contributed by atoms with Crippen LogP contribution >= 0.6 is 69.5 Å². The zero-order valence-electron chi connectivity index (χ0n) is 24.1. The number of thioether (sulfide) groups is 1. The molecule has 1 unspecified atom stereocenters. The Balaban J connectivity index is 1.42.